The van der Waals surface area contributed by atoms with Gasteiger partial charge in [-0.2, -0.15) is 0 Å². The summed E-state index contributed by atoms with van der Waals surface area (Å²) >= 11 is 6.27. The summed E-state index contributed by atoms with van der Waals surface area (Å²) in [7, 11) is 1.67. The van der Waals surface area contributed by atoms with Gasteiger partial charge in [-0.05, 0) is 55.3 Å². The maximum Gasteiger partial charge on any atom is 0.290 e. The van der Waals surface area contributed by atoms with Crippen molar-refractivity contribution in [1.82, 2.24) is 10.3 Å². The summed E-state index contributed by atoms with van der Waals surface area (Å²) in [5.41, 5.74) is 5.35. The van der Waals surface area contributed by atoms with E-state index in [2.05, 4.69) is 17.3 Å². The first-order valence-electron chi connectivity index (χ1n) is 11.4. The fraction of sp³-hybridized carbons (Fsp3) is 0.222. The van der Waals surface area contributed by atoms with Crippen molar-refractivity contribution in [2.24, 2.45) is 4.99 Å². The maximum absolute atomic E-state index is 13.3. The van der Waals surface area contributed by atoms with Gasteiger partial charge in [0, 0.05) is 24.2 Å². The Labute approximate surface area is 209 Å². The second kappa shape index (κ2) is 10.6. The van der Waals surface area contributed by atoms with Crippen molar-refractivity contribution < 1.29 is 14.3 Å². The van der Waals surface area contributed by atoms with Crippen LogP contribution in [0.2, 0.25) is 5.02 Å². The Morgan fingerprint density at radius 1 is 1.06 bits per heavy atom. The van der Waals surface area contributed by atoms with Crippen LogP contribution in [0, 0.1) is 0 Å². The summed E-state index contributed by atoms with van der Waals surface area (Å²) in [5, 5.41) is 1.90. The second-order valence-electron chi connectivity index (χ2n) is 8.25. The molecule has 180 valence electrons. The van der Waals surface area contributed by atoms with Crippen LogP contribution in [0.1, 0.15) is 25.0 Å². The fourth-order valence-electron chi connectivity index (χ4n) is 3.79. The molecular formula is C27H27ClN4O3. The molecule has 3 aromatic carbocycles. The monoisotopic (exact) mass is 490 g/mol. The normalized spacial score (nSPS) is 15.3. The van der Waals surface area contributed by atoms with Crippen molar-refractivity contribution in [3.8, 4) is 11.5 Å². The summed E-state index contributed by atoms with van der Waals surface area (Å²) in [5.74, 6) is 0.865. The van der Waals surface area contributed by atoms with Crippen molar-refractivity contribution in [2.45, 2.75) is 32.9 Å². The van der Waals surface area contributed by atoms with E-state index in [0.29, 0.717) is 16.5 Å². The van der Waals surface area contributed by atoms with Crippen LogP contribution in [-0.4, -0.2) is 35.6 Å². The average Bonchev–Trinajstić information content (AvgIpc) is 2.87. The smallest absolute Gasteiger partial charge is 0.290 e. The molecule has 1 aliphatic heterocycles. The van der Waals surface area contributed by atoms with E-state index < -0.39 is 6.04 Å². The number of ether oxygens (including phenoxy) is 1. The van der Waals surface area contributed by atoms with Crippen molar-refractivity contribution >= 4 is 34.9 Å². The molecule has 4 rings (SSSR count). The van der Waals surface area contributed by atoms with E-state index in [1.54, 1.807) is 44.3 Å². The van der Waals surface area contributed by atoms with Gasteiger partial charge in [0.15, 0.2) is 0 Å². The van der Waals surface area contributed by atoms with Gasteiger partial charge < -0.3 is 9.64 Å². The number of halogens is 1. The number of hydrogen-bond donors (Lipinski definition) is 1. The minimum absolute atomic E-state index is 0.0873. The lowest BCUT2D eigenvalue weighted by molar-refractivity contribution is -0.124. The van der Waals surface area contributed by atoms with Crippen LogP contribution in [0.3, 0.4) is 0 Å². The number of hydrogen-bond acceptors (Lipinski definition) is 5. The number of likely N-dealkylation sites (N-methyl/N-ethyl adjacent to an activating group) is 1. The van der Waals surface area contributed by atoms with Crippen molar-refractivity contribution in [2.75, 3.05) is 12.1 Å². The molecule has 3 aromatic rings. The number of para-hydroxylation sites is 2. The second-order valence-corrected chi connectivity index (χ2v) is 8.69. The summed E-state index contributed by atoms with van der Waals surface area (Å²) < 4.78 is 6.22. The lowest BCUT2D eigenvalue weighted by Crippen LogP contribution is -2.58. The van der Waals surface area contributed by atoms with E-state index in [1.807, 2.05) is 42.5 Å². The zero-order valence-electron chi connectivity index (χ0n) is 19.9. The predicted molar refractivity (Wildman–Crippen MR) is 138 cm³/mol. The van der Waals surface area contributed by atoms with E-state index in [0.717, 1.165) is 23.3 Å². The molecule has 1 aliphatic rings. The van der Waals surface area contributed by atoms with Crippen molar-refractivity contribution in [1.29, 1.82) is 0 Å². The number of aryl methyl sites for hydroxylation is 1. The number of rotatable bonds is 7. The highest BCUT2D eigenvalue weighted by Crippen LogP contribution is 2.31. The van der Waals surface area contributed by atoms with Crippen LogP contribution >= 0.6 is 11.6 Å². The molecular weight excluding hydrogens is 464 g/mol. The minimum atomic E-state index is -0.695. The van der Waals surface area contributed by atoms with Crippen LogP contribution in [0.4, 0.5) is 5.69 Å². The van der Waals surface area contributed by atoms with Gasteiger partial charge in [0.05, 0.1) is 5.69 Å². The first kappa shape index (κ1) is 24.3. The number of carbonyl (C=O) groups is 2. The molecule has 1 unspecified atom stereocenters. The molecule has 35 heavy (non-hydrogen) atoms. The van der Waals surface area contributed by atoms with E-state index in [1.165, 1.54) is 9.91 Å². The number of amidine groups is 1. The Hall–Kier alpha value is -3.84. The Morgan fingerprint density at radius 3 is 2.49 bits per heavy atom. The third kappa shape index (κ3) is 5.46. The van der Waals surface area contributed by atoms with Crippen LogP contribution in [0.5, 0.6) is 11.5 Å². The zero-order chi connectivity index (χ0) is 24.9. The fourth-order valence-corrected chi connectivity index (χ4v) is 3.99. The molecule has 0 saturated heterocycles. The van der Waals surface area contributed by atoms with Gasteiger partial charge in [0.1, 0.15) is 17.5 Å². The zero-order valence-corrected chi connectivity index (χ0v) is 20.6. The summed E-state index contributed by atoms with van der Waals surface area (Å²) in [6, 6.07) is 21.6. The Bertz CT molecular complexity index is 1260. The molecule has 0 saturated carbocycles. The SMILES string of the molecule is CCc1ccccc1Oc1ccc(Cl)cc1CN(C)C(=O)C1=NC(C)C(=O)N(c2ccccc2)N1. The highest BCUT2D eigenvalue weighted by molar-refractivity contribution is 6.39. The molecule has 0 spiro atoms. The molecule has 7 nitrogen and oxygen atoms in total. The van der Waals surface area contributed by atoms with Crippen LogP contribution in [0.15, 0.2) is 77.8 Å². The van der Waals surface area contributed by atoms with Crippen molar-refractivity contribution in [3.63, 3.8) is 0 Å². The van der Waals surface area contributed by atoms with Gasteiger partial charge in [-0.1, -0.05) is 54.9 Å². The first-order valence-corrected chi connectivity index (χ1v) is 11.8. The maximum atomic E-state index is 13.3. The summed E-state index contributed by atoms with van der Waals surface area (Å²) in [6.07, 6.45) is 0.831. The molecule has 0 radical (unpaired) electrons. The third-order valence-corrected chi connectivity index (χ3v) is 5.92. The molecule has 0 fully saturated rings. The predicted octanol–water partition coefficient (Wildman–Crippen LogP) is 4.99. The van der Waals surface area contributed by atoms with E-state index in [4.69, 9.17) is 16.3 Å². The number of aliphatic imine (C=N–C) groups is 1. The highest BCUT2D eigenvalue weighted by atomic mass is 35.5. The standard InChI is InChI=1S/C27H27ClN4O3/c1-4-19-10-8-9-13-23(19)35-24-15-14-21(28)16-20(24)17-31(3)27(34)25-29-18(2)26(33)32(30-25)22-11-6-5-7-12-22/h5-16,18H,4,17H2,1-3H3,(H,29,30). The van der Waals surface area contributed by atoms with Gasteiger partial charge in [0.25, 0.3) is 11.8 Å². The molecule has 1 N–H and O–H groups in total. The van der Waals surface area contributed by atoms with E-state index in [-0.39, 0.29) is 24.2 Å². The number of amides is 2. The highest BCUT2D eigenvalue weighted by Gasteiger charge is 2.32. The lowest BCUT2D eigenvalue weighted by atomic mass is 10.1. The molecule has 1 heterocycles. The molecule has 2 amide bonds. The third-order valence-electron chi connectivity index (χ3n) is 5.69. The molecule has 8 heteroatoms. The van der Waals surface area contributed by atoms with Crippen LogP contribution < -0.4 is 15.2 Å². The van der Waals surface area contributed by atoms with Gasteiger partial charge >= 0.3 is 0 Å². The first-order chi connectivity index (χ1) is 16.9. The van der Waals surface area contributed by atoms with Crippen molar-refractivity contribution in [3.05, 3.63) is 88.9 Å². The van der Waals surface area contributed by atoms with Crippen LogP contribution in [-0.2, 0) is 22.6 Å². The Kier molecular flexibility index (Phi) is 7.36. The van der Waals surface area contributed by atoms with E-state index in [9.17, 15) is 9.59 Å². The Balaban J connectivity index is 1.55. The number of carbonyl (C=O) groups excluding carboxylic acids is 2. The summed E-state index contributed by atoms with van der Waals surface area (Å²) in [6.45, 7) is 3.97. The number of nitrogens with one attached hydrogen (secondary N) is 1. The number of benzene rings is 3. The minimum Gasteiger partial charge on any atom is -0.457 e. The lowest BCUT2D eigenvalue weighted by Gasteiger charge is -2.32. The largest absolute Gasteiger partial charge is 0.457 e. The quantitative estimate of drug-likeness (QED) is 0.506. The molecule has 0 aliphatic carbocycles. The molecule has 0 bridgehead atoms. The van der Waals surface area contributed by atoms with E-state index >= 15 is 0 Å². The number of hydrazine groups is 1. The molecule has 1 atom stereocenters. The van der Waals surface area contributed by atoms with Crippen LogP contribution in [0.25, 0.3) is 0 Å². The molecule has 0 aromatic heterocycles. The van der Waals surface area contributed by atoms with Gasteiger partial charge in [-0.15, -0.1) is 0 Å². The average molecular weight is 491 g/mol. The topological polar surface area (TPSA) is 74.2 Å². The van der Waals surface area contributed by atoms with Gasteiger partial charge in [-0.25, -0.2) is 10.0 Å². The summed E-state index contributed by atoms with van der Waals surface area (Å²) in [4.78, 5) is 31.8. The number of nitrogens with zero attached hydrogens (tertiary/aromatic N) is 3. The van der Waals surface area contributed by atoms with Gasteiger partial charge in [-0.3, -0.25) is 15.0 Å². The Morgan fingerprint density at radius 2 is 1.74 bits per heavy atom. The number of anilines is 1. The van der Waals surface area contributed by atoms with Gasteiger partial charge in [0.2, 0.25) is 5.84 Å².